The Bertz CT molecular complexity index is 418. The standard InChI is InChI=1S/C17H25NO3/c19-15(18-3-1-2-4-18)11-21-16(20)17-8-12-5-13(9-17)7-14(6-12)10-17/h12-14H,1-11H2. The number of rotatable bonds is 3. The first-order chi connectivity index (χ1) is 10.1. The van der Waals surface area contributed by atoms with E-state index in [2.05, 4.69) is 0 Å². The molecule has 0 aromatic rings. The highest BCUT2D eigenvalue weighted by molar-refractivity contribution is 5.83. The van der Waals surface area contributed by atoms with Gasteiger partial charge in [0.15, 0.2) is 6.61 Å². The number of esters is 1. The maximum atomic E-state index is 12.6. The third-order valence-electron chi connectivity index (χ3n) is 6.26. The van der Waals surface area contributed by atoms with Gasteiger partial charge in [0.25, 0.3) is 5.91 Å². The minimum absolute atomic E-state index is 0.00872. The van der Waals surface area contributed by atoms with Gasteiger partial charge in [-0.05, 0) is 69.1 Å². The predicted molar refractivity (Wildman–Crippen MR) is 77.4 cm³/mol. The lowest BCUT2D eigenvalue weighted by Gasteiger charge is -2.55. The fraction of sp³-hybridized carbons (Fsp3) is 0.882. The number of nitrogens with zero attached hydrogens (tertiary/aromatic N) is 1. The normalized spacial score (nSPS) is 40.6. The van der Waals surface area contributed by atoms with E-state index in [9.17, 15) is 9.59 Å². The summed E-state index contributed by atoms with van der Waals surface area (Å²) in [6.45, 7) is 1.61. The molecule has 0 spiro atoms. The quantitative estimate of drug-likeness (QED) is 0.750. The molecule has 0 aromatic carbocycles. The molecule has 5 aliphatic rings. The molecule has 5 rings (SSSR count). The second kappa shape index (κ2) is 4.99. The highest BCUT2D eigenvalue weighted by Crippen LogP contribution is 2.60. The Labute approximate surface area is 126 Å². The summed E-state index contributed by atoms with van der Waals surface area (Å²) in [4.78, 5) is 26.5. The number of hydrogen-bond donors (Lipinski definition) is 0. The second-order valence-electron chi connectivity index (χ2n) is 7.86. The lowest BCUT2D eigenvalue weighted by Crippen LogP contribution is -2.51. The van der Waals surface area contributed by atoms with Crippen molar-refractivity contribution < 1.29 is 14.3 Å². The highest BCUT2D eigenvalue weighted by atomic mass is 16.5. The Morgan fingerprint density at radius 1 is 0.952 bits per heavy atom. The third kappa shape index (κ3) is 2.36. The van der Waals surface area contributed by atoms with E-state index in [1.165, 1.54) is 19.3 Å². The predicted octanol–water partition coefficient (Wildman–Crippen LogP) is 2.37. The van der Waals surface area contributed by atoms with Crippen molar-refractivity contribution in [1.29, 1.82) is 0 Å². The summed E-state index contributed by atoms with van der Waals surface area (Å²) >= 11 is 0. The fourth-order valence-electron chi connectivity index (χ4n) is 5.70. The van der Waals surface area contributed by atoms with Crippen molar-refractivity contribution in [2.24, 2.45) is 23.2 Å². The molecule has 0 N–H and O–H groups in total. The molecule has 1 aliphatic heterocycles. The van der Waals surface area contributed by atoms with E-state index in [4.69, 9.17) is 4.74 Å². The molecule has 0 atom stereocenters. The Morgan fingerprint density at radius 2 is 1.48 bits per heavy atom. The van der Waals surface area contributed by atoms with Gasteiger partial charge in [-0.15, -0.1) is 0 Å². The van der Waals surface area contributed by atoms with Crippen LogP contribution in [0.2, 0.25) is 0 Å². The van der Waals surface area contributed by atoms with E-state index in [0.29, 0.717) is 0 Å². The first kappa shape index (κ1) is 13.6. The average molecular weight is 291 g/mol. The number of likely N-dealkylation sites (tertiary alicyclic amines) is 1. The summed E-state index contributed by atoms with van der Waals surface area (Å²) in [6.07, 6.45) is 9.14. The average Bonchev–Trinajstić information content (AvgIpc) is 2.97. The van der Waals surface area contributed by atoms with Gasteiger partial charge in [-0.2, -0.15) is 0 Å². The van der Waals surface area contributed by atoms with Crippen LogP contribution in [0.15, 0.2) is 0 Å². The topological polar surface area (TPSA) is 46.6 Å². The Hall–Kier alpha value is -1.06. The molecule has 0 radical (unpaired) electrons. The van der Waals surface area contributed by atoms with Crippen molar-refractivity contribution in [2.45, 2.75) is 51.4 Å². The van der Waals surface area contributed by atoms with Crippen LogP contribution in [-0.2, 0) is 14.3 Å². The van der Waals surface area contributed by atoms with Crippen LogP contribution in [0.1, 0.15) is 51.4 Å². The van der Waals surface area contributed by atoms with Crippen molar-refractivity contribution in [3.05, 3.63) is 0 Å². The molecule has 116 valence electrons. The zero-order chi connectivity index (χ0) is 14.4. The summed E-state index contributed by atoms with van der Waals surface area (Å²) in [5, 5.41) is 0. The van der Waals surface area contributed by atoms with Gasteiger partial charge < -0.3 is 9.64 Å². The van der Waals surface area contributed by atoms with Crippen LogP contribution in [0.3, 0.4) is 0 Å². The van der Waals surface area contributed by atoms with Crippen molar-refractivity contribution >= 4 is 11.9 Å². The second-order valence-corrected chi connectivity index (χ2v) is 7.86. The molecule has 1 amide bonds. The molecule has 1 saturated heterocycles. The van der Waals surface area contributed by atoms with Gasteiger partial charge in [0.1, 0.15) is 0 Å². The first-order valence-electron chi connectivity index (χ1n) is 8.60. The monoisotopic (exact) mass is 291 g/mol. The largest absolute Gasteiger partial charge is 0.455 e. The Morgan fingerprint density at radius 3 is 2.00 bits per heavy atom. The zero-order valence-corrected chi connectivity index (χ0v) is 12.7. The van der Waals surface area contributed by atoms with Gasteiger partial charge >= 0.3 is 5.97 Å². The number of carbonyl (C=O) groups excluding carboxylic acids is 2. The fourth-order valence-corrected chi connectivity index (χ4v) is 5.70. The summed E-state index contributed by atoms with van der Waals surface area (Å²) in [5.41, 5.74) is -0.236. The van der Waals surface area contributed by atoms with Crippen LogP contribution in [0, 0.1) is 23.2 Å². The van der Waals surface area contributed by atoms with E-state index in [-0.39, 0.29) is 23.9 Å². The van der Waals surface area contributed by atoms with Crippen LogP contribution in [0.4, 0.5) is 0 Å². The van der Waals surface area contributed by atoms with Crippen LogP contribution in [-0.4, -0.2) is 36.5 Å². The number of carbonyl (C=O) groups is 2. The van der Waals surface area contributed by atoms with Crippen molar-refractivity contribution in [3.63, 3.8) is 0 Å². The molecule has 0 aromatic heterocycles. The SMILES string of the molecule is O=C(COC(=O)C12CC3CC(CC(C3)C1)C2)N1CCCC1. The molecule has 0 unspecified atom stereocenters. The molecule has 4 aliphatic carbocycles. The molecule has 21 heavy (non-hydrogen) atoms. The molecule has 4 bridgehead atoms. The van der Waals surface area contributed by atoms with Gasteiger partial charge in [-0.25, -0.2) is 0 Å². The molecule has 1 heterocycles. The van der Waals surface area contributed by atoms with Crippen LogP contribution in [0.5, 0.6) is 0 Å². The lowest BCUT2D eigenvalue weighted by molar-refractivity contribution is -0.174. The van der Waals surface area contributed by atoms with E-state index < -0.39 is 0 Å². The van der Waals surface area contributed by atoms with Crippen molar-refractivity contribution in [1.82, 2.24) is 4.90 Å². The molecule has 4 nitrogen and oxygen atoms in total. The summed E-state index contributed by atoms with van der Waals surface area (Å²) < 4.78 is 5.47. The molecular formula is C17H25NO3. The van der Waals surface area contributed by atoms with Gasteiger partial charge in [-0.3, -0.25) is 9.59 Å². The van der Waals surface area contributed by atoms with E-state index in [0.717, 1.165) is 62.9 Å². The van der Waals surface area contributed by atoms with E-state index >= 15 is 0 Å². The van der Waals surface area contributed by atoms with E-state index in [1.807, 2.05) is 4.90 Å². The van der Waals surface area contributed by atoms with Gasteiger partial charge in [0, 0.05) is 13.1 Å². The van der Waals surface area contributed by atoms with Gasteiger partial charge in [-0.1, -0.05) is 0 Å². The van der Waals surface area contributed by atoms with Crippen molar-refractivity contribution in [2.75, 3.05) is 19.7 Å². The number of ether oxygens (including phenoxy) is 1. The maximum Gasteiger partial charge on any atom is 0.312 e. The molecule has 5 fully saturated rings. The smallest absolute Gasteiger partial charge is 0.312 e. The van der Waals surface area contributed by atoms with E-state index in [1.54, 1.807) is 0 Å². The minimum Gasteiger partial charge on any atom is -0.455 e. The minimum atomic E-state index is -0.236. The van der Waals surface area contributed by atoms with Crippen LogP contribution in [0.25, 0.3) is 0 Å². The summed E-state index contributed by atoms with van der Waals surface area (Å²) in [6, 6.07) is 0. The lowest BCUT2D eigenvalue weighted by atomic mass is 9.49. The third-order valence-corrected chi connectivity index (χ3v) is 6.26. The van der Waals surface area contributed by atoms with Gasteiger partial charge in [0.05, 0.1) is 5.41 Å². The van der Waals surface area contributed by atoms with Crippen molar-refractivity contribution in [3.8, 4) is 0 Å². The first-order valence-corrected chi connectivity index (χ1v) is 8.60. The number of hydrogen-bond acceptors (Lipinski definition) is 3. The zero-order valence-electron chi connectivity index (χ0n) is 12.7. The summed E-state index contributed by atoms with van der Waals surface area (Å²) in [5.74, 6) is 2.12. The van der Waals surface area contributed by atoms with Crippen LogP contribution < -0.4 is 0 Å². The highest BCUT2D eigenvalue weighted by Gasteiger charge is 2.55. The Kier molecular flexibility index (Phi) is 3.23. The molecular weight excluding hydrogens is 266 g/mol. The molecule has 4 saturated carbocycles. The molecule has 4 heteroatoms. The maximum absolute atomic E-state index is 12.6. The van der Waals surface area contributed by atoms with Crippen LogP contribution >= 0.6 is 0 Å². The Balaban J connectivity index is 1.37. The summed E-state index contributed by atoms with van der Waals surface area (Å²) in [7, 11) is 0. The number of amides is 1. The van der Waals surface area contributed by atoms with Gasteiger partial charge in [0.2, 0.25) is 0 Å².